The van der Waals surface area contributed by atoms with Gasteiger partial charge in [0.25, 0.3) is 5.91 Å². The van der Waals surface area contributed by atoms with Crippen LogP contribution in [0.1, 0.15) is 24.4 Å². The number of H-pyrrole nitrogens is 1. The Morgan fingerprint density at radius 1 is 1.32 bits per heavy atom. The van der Waals surface area contributed by atoms with E-state index in [0.717, 1.165) is 5.56 Å². The van der Waals surface area contributed by atoms with Crippen molar-refractivity contribution in [3.8, 4) is 0 Å². The quantitative estimate of drug-likeness (QED) is 0.746. The molecule has 1 unspecified atom stereocenters. The molecule has 0 saturated carbocycles. The number of benzene rings is 1. The molecule has 1 amide bonds. The zero-order valence-electron chi connectivity index (χ0n) is 10.3. The molecule has 0 fully saturated rings. The maximum atomic E-state index is 11.5. The highest BCUT2D eigenvalue weighted by Gasteiger charge is 2.20. The standard InChI is InChI=1S/C12H13N5O2/c1-8(18)12(19)13-10(11-14-16-17-15-11)7-9-5-3-2-4-6-9/h2-6,10H,7H2,1H3,(H,13,19)(H,14,15,16,17). The third-order valence-corrected chi connectivity index (χ3v) is 2.60. The van der Waals surface area contributed by atoms with Gasteiger partial charge in [-0.15, -0.1) is 5.10 Å². The van der Waals surface area contributed by atoms with Gasteiger partial charge in [-0.3, -0.25) is 9.59 Å². The van der Waals surface area contributed by atoms with Gasteiger partial charge in [0.05, 0.1) is 6.04 Å². The first-order valence-electron chi connectivity index (χ1n) is 5.76. The van der Waals surface area contributed by atoms with E-state index in [0.29, 0.717) is 12.2 Å². The number of rotatable bonds is 5. The number of nitrogens with one attached hydrogen (secondary N) is 2. The summed E-state index contributed by atoms with van der Waals surface area (Å²) < 4.78 is 0. The van der Waals surface area contributed by atoms with E-state index >= 15 is 0 Å². The van der Waals surface area contributed by atoms with E-state index in [2.05, 4.69) is 25.9 Å². The van der Waals surface area contributed by atoms with Crippen molar-refractivity contribution < 1.29 is 9.59 Å². The average molecular weight is 259 g/mol. The van der Waals surface area contributed by atoms with E-state index in [1.807, 2.05) is 30.3 Å². The van der Waals surface area contributed by atoms with Crippen molar-refractivity contribution in [3.05, 3.63) is 41.7 Å². The molecule has 98 valence electrons. The molecule has 0 aliphatic heterocycles. The van der Waals surface area contributed by atoms with Crippen LogP contribution >= 0.6 is 0 Å². The predicted molar refractivity (Wildman–Crippen MR) is 65.9 cm³/mol. The fourth-order valence-corrected chi connectivity index (χ4v) is 1.64. The van der Waals surface area contributed by atoms with Gasteiger partial charge >= 0.3 is 0 Å². The Hall–Kier alpha value is -2.57. The minimum atomic E-state index is -0.655. The van der Waals surface area contributed by atoms with Crippen LogP contribution < -0.4 is 5.32 Å². The fourth-order valence-electron chi connectivity index (χ4n) is 1.64. The minimum Gasteiger partial charge on any atom is -0.339 e. The lowest BCUT2D eigenvalue weighted by Crippen LogP contribution is -2.34. The highest BCUT2D eigenvalue weighted by Crippen LogP contribution is 2.13. The summed E-state index contributed by atoms with van der Waals surface area (Å²) in [5.74, 6) is -0.790. The fraction of sp³-hybridized carbons (Fsp3) is 0.250. The zero-order valence-corrected chi connectivity index (χ0v) is 10.3. The van der Waals surface area contributed by atoms with Crippen LogP contribution in [0.3, 0.4) is 0 Å². The molecule has 2 rings (SSSR count). The highest BCUT2D eigenvalue weighted by atomic mass is 16.2. The summed E-state index contributed by atoms with van der Waals surface area (Å²) in [6.07, 6.45) is 0.497. The molecule has 0 bridgehead atoms. The Morgan fingerprint density at radius 3 is 2.63 bits per heavy atom. The van der Waals surface area contributed by atoms with Crippen LogP contribution in [0.5, 0.6) is 0 Å². The van der Waals surface area contributed by atoms with Crippen LogP contribution in [0, 0.1) is 0 Å². The van der Waals surface area contributed by atoms with Crippen LogP contribution in [0.2, 0.25) is 0 Å². The summed E-state index contributed by atoms with van der Waals surface area (Å²) in [5.41, 5.74) is 1.01. The lowest BCUT2D eigenvalue weighted by Gasteiger charge is -2.14. The van der Waals surface area contributed by atoms with Crippen molar-refractivity contribution in [3.63, 3.8) is 0 Å². The summed E-state index contributed by atoms with van der Waals surface area (Å²) in [7, 11) is 0. The molecule has 1 aromatic carbocycles. The van der Waals surface area contributed by atoms with E-state index in [9.17, 15) is 9.59 Å². The molecule has 1 atom stereocenters. The highest BCUT2D eigenvalue weighted by molar-refractivity contribution is 6.35. The molecule has 0 aliphatic rings. The number of aromatic amines is 1. The van der Waals surface area contributed by atoms with Crippen LogP contribution in [0.4, 0.5) is 0 Å². The topological polar surface area (TPSA) is 101 Å². The Kier molecular flexibility index (Phi) is 3.97. The third kappa shape index (κ3) is 3.44. The van der Waals surface area contributed by atoms with E-state index in [1.54, 1.807) is 0 Å². The number of hydrogen-bond donors (Lipinski definition) is 2. The van der Waals surface area contributed by atoms with Gasteiger partial charge in [-0.05, 0) is 16.0 Å². The molecule has 0 saturated heterocycles. The van der Waals surface area contributed by atoms with Gasteiger partial charge in [0, 0.05) is 13.3 Å². The first-order valence-corrected chi connectivity index (χ1v) is 5.76. The number of carbonyl (C=O) groups is 2. The van der Waals surface area contributed by atoms with Gasteiger partial charge < -0.3 is 5.32 Å². The molecule has 0 aliphatic carbocycles. The van der Waals surface area contributed by atoms with Gasteiger partial charge in [0.15, 0.2) is 5.82 Å². The molecule has 19 heavy (non-hydrogen) atoms. The molecule has 7 nitrogen and oxygen atoms in total. The Morgan fingerprint density at radius 2 is 2.05 bits per heavy atom. The molecule has 2 aromatic rings. The SMILES string of the molecule is CC(=O)C(=O)NC(Cc1ccccc1)c1nnn[nH]1. The van der Waals surface area contributed by atoms with Crippen LogP contribution in [-0.4, -0.2) is 32.3 Å². The maximum absolute atomic E-state index is 11.5. The summed E-state index contributed by atoms with van der Waals surface area (Å²) in [6.45, 7) is 1.22. The normalized spacial score (nSPS) is 11.8. The maximum Gasteiger partial charge on any atom is 0.287 e. The number of hydrogen-bond acceptors (Lipinski definition) is 5. The summed E-state index contributed by atoms with van der Waals surface area (Å²) in [5, 5.41) is 16.0. The summed E-state index contributed by atoms with van der Waals surface area (Å²) in [6, 6.07) is 9.10. The van der Waals surface area contributed by atoms with Crippen molar-refractivity contribution in [2.45, 2.75) is 19.4 Å². The Bertz CT molecular complexity index is 553. The van der Waals surface area contributed by atoms with Crippen LogP contribution in [0.25, 0.3) is 0 Å². The number of nitrogens with zero attached hydrogens (tertiary/aromatic N) is 3. The van der Waals surface area contributed by atoms with Crippen LogP contribution in [0.15, 0.2) is 30.3 Å². The number of aromatic nitrogens is 4. The van der Waals surface area contributed by atoms with Crippen molar-refractivity contribution in [2.24, 2.45) is 0 Å². The van der Waals surface area contributed by atoms with Crippen molar-refractivity contribution in [1.29, 1.82) is 0 Å². The number of amides is 1. The second-order valence-electron chi connectivity index (χ2n) is 4.06. The zero-order chi connectivity index (χ0) is 13.7. The monoisotopic (exact) mass is 259 g/mol. The molecule has 0 spiro atoms. The number of Topliss-reactive ketones (excluding diaryl/α,β-unsaturated/α-hetero) is 1. The number of tetrazole rings is 1. The molecular weight excluding hydrogens is 246 g/mol. The van der Waals surface area contributed by atoms with Gasteiger partial charge in [-0.25, -0.2) is 5.10 Å². The number of carbonyl (C=O) groups excluding carboxylic acids is 2. The first kappa shape index (κ1) is 12.9. The molecule has 1 heterocycles. The Balaban J connectivity index is 2.16. The van der Waals surface area contributed by atoms with Gasteiger partial charge in [-0.2, -0.15) is 0 Å². The molecule has 0 radical (unpaired) electrons. The van der Waals surface area contributed by atoms with Gasteiger partial charge in [0.2, 0.25) is 5.78 Å². The van der Waals surface area contributed by atoms with Gasteiger partial charge in [0.1, 0.15) is 0 Å². The first-order chi connectivity index (χ1) is 9.16. The summed E-state index contributed by atoms with van der Waals surface area (Å²) in [4.78, 5) is 22.5. The van der Waals surface area contributed by atoms with E-state index in [1.165, 1.54) is 6.92 Å². The van der Waals surface area contributed by atoms with Crippen molar-refractivity contribution in [2.75, 3.05) is 0 Å². The summed E-state index contributed by atoms with van der Waals surface area (Å²) >= 11 is 0. The lowest BCUT2D eigenvalue weighted by molar-refractivity contribution is -0.137. The Labute approximate surface area is 109 Å². The number of ketones is 1. The predicted octanol–water partition coefficient (Wildman–Crippen LogP) is 0.189. The van der Waals surface area contributed by atoms with Crippen molar-refractivity contribution in [1.82, 2.24) is 25.9 Å². The van der Waals surface area contributed by atoms with Crippen molar-refractivity contribution >= 4 is 11.7 Å². The molecule has 1 aromatic heterocycles. The van der Waals surface area contributed by atoms with Crippen LogP contribution in [-0.2, 0) is 16.0 Å². The second kappa shape index (κ2) is 5.85. The van der Waals surface area contributed by atoms with Gasteiger partial charge in [-0.1, -0.05) is 30.3 Å². The molecule has 2 N–H and O–H groups in total. The molecule has 7 heteroatoms. The van der Waals surface area contributed by atoms with E-state index in [4.69, 9.17) is 0 Å². The lowest BCUT2D eigenvalue weighted by atomic mass is 10.1. The van der Waals surface area contributed by atoms with E-state index in [-0.39, 0.29) is 0 Å². The molecular formula is C12H13N5O2. The largest absolute Gasteiger partial charge is 0.339 e. The average Bonchev–Trinajstić information content (AvgIpc) is 2.92. The van der Waals surface area contributed by atoms with E-state index < -0.39 is 17.7 Å². The second-order valence-corrected chi connectivity index (χ2v) is 4.06. The smallest absolute Gasteiger partial charge is 0.287 e. The third-order valence-electron chi connectivity index (χ3n) is 2.60. The minimum absolute atomic E-state index is 0.415.